The quantitative estimate of drug-likeness (QED) is 0.588. The molecule has 0 unspecified atom stereocenters. The van der Waals surface area contributed by atoms with Crippen LogP contribution in [0.2, 0.25) is 5.02 Å². The van der Waals surface area contributed by atoms with Crippen molar-refractivity contribution < 1.29 is 17.9 Å². The second kappa shape index (κ2) is 9.19. The van der Waals surface area contributed by atoms with Gasteiger partial charge in [-0.25, -0.2) is 8.42 Å². The van der Waals surface area contributed by atoms with Crippen LogP contribution in [0.4, 0.5) is 0 Å². The van der Waals surface area contributed by atoms with Gasteiger partial charge in [0, 0.05) is 30.2 Å². The summed E-state index contributed by atoms with van der Waals surface area (Å²) in [5.41, 5.74) is 2.59. The van der Waals surface area contributed by atoms with Crippen LogP contribution >= 0.6 is 11.6 Å². The number of nitrogens with one attached hydrogen (secondary N) is 2. The minimum Gasteiger partial charge on any atom is -0.379 e. The Bertz CT molecular complexity index is 1150. The maximum Gasteiger partial charge on any atom is 0.255 e. The Kier molecular flexibility index (Phi) is 6.38. The zero-order valence-electron chi connectivity index (χ0n) is 16.5. The summed E-state index contributed by atoms with van der Waals surface area (Å²) in [5, 5.41) is 10.3. The van der Waals surface area contributed by atoms with E-state index in [1.54, 1.807) is 48.5 Å². The van der Waals surface area contributed by atoms with E-state index in [1.165, 1.54) is 10.5 Å². The van der Waals surface area contributed by atoms with Crippen molar-refractivity contribution in [2.24, 2.45) is 0 Å². The Morgan fingerprint density at radius 2 is 1.77 bits per heavy atom. The van der Waals surface area contributed by atoms with Crippen molar-refractivity contribution in [3.8, 4) is 11.3 Å². The van der Waals surface area contributed by atoms with Gasteiger partial charge in [-0.2, -0.15) is 9.40 Å². The standard InChI is InChI=1S/C21H21ClN4O4S/c22-17-5-3-16(4-6-17)20-19(14-24-25-20)21(27)23-13-15-1-7-18(8-2-15)31(28,29)26-9-11-30-12-10-26/h1-8,14H,9-13H2,(H,23,27)(H,24,25). The third-order valence-electron chi connectivity index (χ3n) is 5.00. The number of ether oxygens (including phenoxy) is 1. The van der Waals surface area contributed by atoms with Crippen LogP contribution in [0.5, 0.6) is 0 Å². The molecule has 8 nitrogen and oxygen atoms in total. The zero-order chi connectivity index (χ0) is 21.8. The van der Waals surface area contributed by atoms with Crippen LogP contribution in [-0.2, 0) is 21.3 Å². The second-order valence-electron chi connectivity index (χ2n) is 7.01. The lowest BCUT2D eigenvalue weighted by Crippen LogP contribution is -2.40. The Labute approximate surface area is 185 Å². The summed E-state index contributed by atoms with van der Waals surface area (Å²) in [6.45, 7) is 1.74. The van der Waals surface area contributed by atoms with Crippen LogP contribution in [-0.4, -0.2) is 55.1 Å². The van der Waals surface area contributed by atoms with Crippen molar-refractivity contribution >= 4 is 27.5 Å². The highest BCUT2D eigenvalue weighted by molar-refractivity contribution is 7.89. The molecule has 1 amide bonds. The maximum absolute atomic E-state index is 12.7. The van der Waals surface area contributed by atoms with Gasteiger partial charge in [0.2, 0.25) is 10.0 Å². The molecular weight excluding hydrogens is 440 g/mol. The molecule has 1 aliphatic heterocycles. The lowest BCUT2D eigenvalue weighted by Gasteiger charge is -2.26. The summed E-state index contributed by atoms with van der Waals surface area (Å²) in [4.78, 5) is 12.9. The second-order valence-corrected chi connectivity index (χ2v) is 9.38. The molecule has 0 bridgehead atoms. The summed E-state index contributed by atoms with van der Waals surface area (Å²) in [6, 6.07) is 13.6. The van der Waals surface area contributed by atoms with E-state index in [9.17, 15) is 13.2 Å². The summed E-state index contributed by atoms with van der Waals surface area (Å²) in [5.74, 6) is -0.288. The number of carbonyl (C=O) groups excluding carboxylic acids is 1. The number of H-pyrrole nitrogens is 1. The zero-order valence-corrected chi connectivity index (χ0v) is 18.1. The van der Waals surface area contributed by atoms with E-state index in [0.717, 1.165) is 11.1 Å². The fourth-order valence-electron chi connectivity index (χ4n) is 3.29. The molecule has 0 aliphatic carbocycles. The van der Waals surface area contributed by atoms with E-state index in [0.29, 0.717) is 42.6 Å². The minimum atomic E-state index is -3.54. The first-order chi connectivity index (χ1) is 14.9. The van der Waals surface area contributed by atoms with Crippen LogP contribution < -0.4 is 5.32 Å². The molecule has 1 aromatic heterocycles. The van der Waals surface area contributed by atoms with E-state index in [2.05, 4.69) is 15.5 Å². The number of amides is 1. The largest absolute Gasteiger partial charge is 0.379 e. The highest BCUT2D eigenvalue weighted by Crippen LogP contribution is 2.23. The maximum atomic E-state index is 12.7. The van der Waals surface area contributed by atoms with Crippen molar-refractivity contribution in [2.45, 2.75) is 11.4 Å². The molecule has 2 aromatic carbocycles. The Balaban J connectivity index is 1.42. The number of sulfonamides is 1. The van der Waals surface area contributed by atoms with Crippen molar-refractivity contribution in [3.63, 3.8) is 0 Å². The number of aromatic amines is 1. The number of carbonyl (C=O) groups is 1. The highest BCUT2D eigenvalue weighted by atomic mass is 35.5. The molecule has 2 N–H and O–H groups in total. The number of morpholine rings is 1. The first kappa shape index (κ1) is 21.5. The van der Waals surface area contributed by atoms with Gasteiger partial charge >= 0.3 is 0 Å². The molecule has 0 spiro atoms. The molecule has 0 atom stereocenters. The van der Waals surface area contributed by atoms with Crippen LogP contribution in [0.25, 0.3) is 11.3 Å². The van der Waals surface area contributed by atoms with Crippen molar-refractivity contribution in [3.05, 3.63) is 70.9 Å². The van der Waals surface area contributed by atoms with Crippen LogP contribution in [0.3, 0.4) is 0 Å². The van der Waals surface area contributed by atoms with Crippen molar-refractivity contribution in [1.82, 2.24) is 19.8 Å². The molecule has 1 aliphatic rings. The molecule has 0 radical (unpaired) electrons. The highest BCUT2D eigenvalue weighted by Gasteiger charge is 2.26. The fourth-order valence-corrected chi connectivity index (χ4v) is 4.82. The molecule has 10 heteroatoms. The molecule has 31 heavy (non-hydrogen) atoms. The Hall–Kier alpha value is -2.72. The van der Waals surface area contributed by atoms with Gasteiger partial charge in [0.05, 0.1) is 35.6 Å². The Morgan fingerprint density at radius 3 is 2.45 bits per heavy atom. The minimum absolute atomic E-state index is 0.226. The molecule has 2 heterocycles. The molecule has 0 saturated carbocycles. The molecular formula is C21H21ClN4O4S. The number of hydrogen-bond donors (Lipinski definition) is 2. The van der Waals surface area contributed by atoms with Gasteiger partial charge in [-0.3, -0.25) is 9.89 Å². The first-order valence-corrected chi connectivity index (χ1v) is 11.5. The summed E-state index contributed by atoms with van der Waals surface area (Å²) in [6.07, 6.45) is 1.47. The van der Waals surface area contributed by atoms with Gasteiger partial charge in [-0.1, -0.05) is 35.9 Å². The van der Waals surface area contributed by atoms with Gasteiger partial charge in [0.15, 0.2) is 0 Å². The smallest absolute Gasteiger partial charge is 0.255 e. The van der Waals surface area contributed by atoms with E-state index in [4.69, 9.17) is 16.3 Å². The van der Waals surface area contributed by atoms with Gasteiger partial charge < -0.3 is 10.1 Å². The van der Waals surface area contributed by atoms with E-state index in [-0.39, 0.29) is 17.3 Å². The van der Waals surface area contributed by atoms with Crippen LogP contribution in [0, 0.1) is 0 Å². The van der Waals surface area contributed by atoms with Crippen molar-refractivity contribution in [1.29, 1.82) is 0 Å². The third-order valence-corrected chi connectivity index (χ3v) is 7.17. The Morgan fingerprint density at radius 1 is 1.10 bits per heavy atom. The SMILES string of the molecule is O=C(NCc1ccc(S(=O)(=O)N2CCOCC2)cc1)c1cn[nH]c1-c1ccc(Cl)cc1. The van der Waals surface area contributed by atoms with E-state index in [1.807, 2.05) is 0 Å². The third kappa shape index (κ3) is 4.80. The monoisotopic (exact) mass is 460 g/mol. The van der Waals surface area contributed by atoms with E-state index < -0.39 is 10.0 Å². The fraction of sp³-hybridized carbons (Fsp3) is 0.238. The molecule has 1 fully saturated rings. The number of aromatic nitrogens is 2. The van der Waals surface area contributed by atoms with Gasteiger partial charge in [0.1, 0.15) is 0 Å². The average molecular weight is 461 g/mol. The predicted octanol–water partition coefficient (Wildman–Crippen LogP) is 2.68. The van der Waals surface area contributed by atoms with Gasteiger partial charge in [-0.15, -0.1) is 0 Å². The number of benzene rings is 2. The number of halogens is 1. The summed E-state index contributed by atoms with van der Waals surface area (Å²) < 4.78 is 32.0. The average Bonchev–Trinajstić information content (AvgIpc) is 3.29. The van der Waals surface area contributed by atoms with Gasteiger partial charge in [0.25, 0.3) is 5.91 Å². The predicted molar refractivity (Wildman–Crippen MR) is 116 cm³/mol. The number of rotatable bonds is 6. The number of hydrogen-bond acceptors (Lipinski definition) is 5. The summed E-state index contributed by atoms with van der Waals surface area (Å²) >= 11 is 5.93. The topological polar surface area (TPSA) is 104 Å². The van der Waals surface area contributed by atoms with Crippen molar-refractivity contribution in [2.75, 3.05) is 26.3 Å². The van der Waals surface area contributed by atoms with Crippen LogP contribution in [0.15, 0.2) is 59.6 Å². The van der Waals surface area contributed by atoms with Gasteiger partial charge in [-0.05, 0) is 29.8 Å². The molecule has 1 saturated heterocycles. The lowest BCUT2D eigenvalue weighted by atomic mass is 10.1. The molecule has 162 valence electrons. The van der Waals surface area contributed by atoms with Crippen LogP contribution in [0.1, 0.15) is 15.9 Å². The number of nitrogens with zero attached hydrogens (tertiary/aromatic N) is 2. The molecule has 3 aromatic rings. The van der Waals surface area contributed by atoms with E-state index >= 15 is 0 Å². The lowest BCUT2D eigenvalue weighted by molar-refractivity contribution is 0.0730. The first-order valence-electron chi connectivity index (χ1n) is 9.69. The molecule has 4 rings (SSSR count). The normalized spacial score (nSPS) is 15.0. The summed E-state index contributed by atoms with van der Waals surface area (Å²) in [7, 11) is -3.54.